The average Bonchev–Trinajstić information content (AvgIpc) is 3.29. The Balaban J connectivity index is 1.52. The number of phenols is 1. The Hall–Kier alpha value is -3.85. The standard InChI is InChI=1S/C24H21N3O5S/c28-23-12-9-16(27(29)30)13-21(23)24-19-8-4-7-18(19)20-14-17(10-11-22(20)25-24)33(31,32)26-15-5-2-1-3-6-15/h1-7,9-14,18-19,24-26,28H,8H2. The minimum Gasteiger partial charge on any atom is -0.508 e. The third-order valence-corrected chi connectivity index (χ3v) is 7.61. The van der Waals surface area contributed by atoms with Crippen molar-refractivity contribution in [3.05, 3.63) is 100 Å². The first-order valence-electron chi connectivity index (χ1n) is 10.5. The lowest BCUT2D eigenvalue weighted by Gasteiger charge is -2.37. The smallest absolute Gasteiger partial charge is 0.270 e. The highest BCUT2D eigenvalue weighted by atomic mass is 32.2. The third-order valence-electron chi connectivity index (χ3n) is 6.23. The number of nitrogens with zero attached hydrogens (tertiary/aromatic N) is 1. The highest BCUT2D eigenvalue weighted by molar-refractivity contribution is 7.92. The summed E-state index contributed by atoms with van der Waals surface area (Å²) in [6, 6.07) is 17.3. The van der Waals surface area contributed by atoms with Crippen LogP contribution in [0.3, 0.4) is 0 Å². The number of rotatable bonds is 5. The van der Waals surface area contributed by atoms with Gasteiger partial charge in [0, 0.05) is 35.0 Å². The van der Waals surface area contributed by atoms with Gasteiger partial charge in [0.15, 0.2) is 0 Å². The first-order chi connectivity index (χ1) is 15.8. The van der Waals surface area contributed by atoms with E-state index in [9.17, 15) is 23.6 Å². The van der Waals surface area contributed by atoms with Crippen LogP contribution in [-0.2, 0) is 10.0 Å². The Morgan fingerprint density at radius 2 is 1.82 bits per heavy atom. The number of nitro groups is 1. The van der Waals surface area contributed by atoms with Crippen molar-refractivity contribution in [1.82, 2.24) is 0 Å². The first-order valence-corrected chi connectivity index (χ1v) is 11.9. The van der Waals surface area contributed by atoms with Crippen LogP contribution in [0.15, 0.2) is 83.8 Å². The molecule has 0 spiro atoms. The van der Waals surface area contributed by atoms with E-state index in [1.54, 1.807) is 36.4 Å². The summed E-state index contributed by atoms with van der Waals surface area (Å²) in [5.74, 6) is -0.124. The molecule has 3 N–H and O–H groups in total. The van der Waals surface area contributed by atoms with Crippen LogP contribution in [-0.4, -0.2) is 18.4 Å². The minimum absolute atomic E-state index is 0.0153. The molecule has 8 nitrogen and oxygen atoms in total. The summed E-state index contributed by atoms with van der Waals surface area (Å²) in [6.07, 6.45) is 4.76. The Labute approximate surface area is 190 Å². The maximum atomic E-state index is 13.0. The zero-order valence-electron chi connectivity index (χ0n) is 17.4. The first kappa shape index (κ1) is 21.0. The number of para-hydroxylation sites is 1. The second-order valence-electron chi connectivity index (χ2n) is 8.20. The monoisotopic (exact) mass is 463 g/mol. The number of non-ortho nitro benzene ring substituents is 1. The summed E-state index contributed by atoms with van der Waals surface area (Å²) >= 11 is 0. The van der Waals surface area contributed by atoms with E-state index in [1.807, 2.05) is 18.2 Å². The average molecular weight is 464 g/mol. The molecule has 1 heterocycles. The molecule has 3 aromatic carbocycles. The van der Waals surface area contributed by atoms with Crippen LogP contribution in [0.2, 0.25) is 0 Å². The van der Waals surface area contributed by atoms with Gasteiger partial charge in [-0.15, -0.1) is 0 Å². The van der Waals surface area contributed by atoms with E-state index in [4.69, 9.17) is 0 Å². The third kappa shape index (κ3) is 3.80. The minimum atomic E-state index is -3.78. The lowest BCUT2D eigenvalue weighted by Crippen LogP contribution is -2.29. The summed E-state index contributed by atoms with van der Waals surface area (Å²) in [5.41, 5.74) is 2.42. The van der Waals surface area contributed by atoms with Gasteiger partial charge in [-0.05, 0) is 54.3 Å². The summed E-state index contributed by atoms with van der Waals surface area (Å²) in [7, 11) is -3.78. The van der Waals surface area contributed by atoms with Crippen LogP contribution in [0.25, 0.3) is 0 Å². The van der Waals surface area contributed by atoms with Crippen molar-refractivity contribution in [2.75, 3.05) is 10.0 Å². The van der Waals surface area contributed by atoms with Crippen molar-refractivity contribution >= 4 is 27.1 Å². The largest absolute Gasteiger partial charge is 0.508 e. The van der Waals surface area contributed by atoms with Crippen molar-refractivity contribution in [2.24, 2.45) is 5.92 Å². The van der Waals surface area contributed by atoms with Gasteiger partial charge in [-0.1, -0.05) is 30.4 Å². The number of phenolic OH excluding ortho intramolecular Hbond substituents is 1. The van der Waals surface area contributed by atoms with Crippen molar-refractivity contribution in [3.63, 3.8) is 0 Å². The lowest BCUT2D eigenvalue weighted by molar-refractivity contribution is -0.385. The molecule has 33 heavy (non-hydrogen) atoms. The number of aromatic hydroxyl groups is 1. The maximum absolute atomic E-state index is 13.0. The van der Waals surface area contributed by atoms with Crippen LogP contribution in [0, 0.1) is 16.0 Å². The molecule has 0 aromatic heterocycles. The maximum Gasteiger partial charge on any atom is 0.270 e. The molecule has 1 aliphatic carbocycles. The molecule has 3 unspecified atom stereocenters. The SMILES string of the molecule is O=[N+]([O-])c1ccc(O)c(C2Nc3ccc(S(=O)(=O)Nc4ccccc4)cc3C3C=CCC32)c1. The van der Waals surface area contributed by atoms with E-state index in [0.29, 0.717) is 17.7 Å². The predicted molar refractivity (Wildman–Crippen MR) is 125 cm³/mol. The summed E-state index contributed by atoms with van der Waals surface area (Å²) in [4.78, 5) is 10.9. The van der Waals surface area contributed by atoms with Gasteiger partial charge >= 0.3 is 0 Å². The summed E-state index contributed by atoms with van der Waals surface area (Å²) in [5, 5.41) is 25.1. The highest BCUT2D eigenvalue weighted by Gasteiger charge is 2.40. The molecule has 3 atom stereocenters. The van der Waals surface area contributed by atoms with Crippen LogP contribution in [0.1, 0.15) is 29.5 Å². The molecular formula is C24H21N3O5S. The molecule has 1 aliphatic heterocycles. The van der Waals surface area contributed by atoms with Gasteiger partial charge in [-0.25, -0.2) is 8.42 Å². The van der Waals surface area contributed by atoms with Crippen molar-refractivity contribution in [1.29, 1.82) is 0 Å². The van der Waals surface area contributed by atoms with E-state index in [1.165, 1.54) is 24.3 Å². The Kier molecular flexibility index (Phi) is 5.05. The molecule has 0 bridgehead atoms. The zero-order valence-corrected chi connectivity index (χ0v) is 18.2. The second kappa shape index (κ2) is 7.93. The summed E-state index contributed by atoms with van der Waals surface area (Å²) < 4.78 is 28.5. The Bertz CT molecular complexity index is 1370. The van der Waals surface area contributed by atoms with Crippen LogP contribution in [0.5, 0.6) is 5.75 Å². The molecule has 0 saturated heterocycles. The number of hydrogen-bond donors (Lipinski definition) is 3. The van der Waals surface area contributed by atoms with Crippen LogP contribution < -0.4 is 10.0 Å². The molecule has 2 aliphatic rings. The Morgan fingerprint density at radius 3 is 2.58 bits per heavy atom. The molecule has 0 radical (unpaired) electrons. The van der Waals surface area contributed by atoms with Crippen molar-refractivity contribution in [2.45, 2.75) is 23.3 Å². The van der Waals surface area contributed by atoms with Crippen molar-refractivity contribution < 1.29 is 18.4 Å². The molecule has 0 amide bonds. The second-order valence-corrected chi connectivity index (χ2v) is 9.88. The number of hydrogen-bond acceptors (Lipinski definition) is 6. The quantitative estimate of drug-likeness (QED) is 0.280. The van der Waals surface area contributed by atoms with E-state index in [-0.39, 0.29) is 34.2 Å². The topological polar surface area (TPSA) is 122 Å². The number of allylic oxidation sites excluding steroid dienone is 2. The molecule has 9 heteroatoms. The molecule has 168 valence electrons. The normalized spacial score (nSPS) is 21.0. The number of nitro benzene ring substituents is 1. The number of anilines is 2. The fourth-order valence-electron chi connectivity index (χ4n) is 4.67. The molecular weight excluding hydrogens is 442 g/mol. The lowest BCUT2D eigenvalue weighted by atomic mass is 9.77. The van der Waals surface area contributed by atoms with Gasteiger partial charge in [-0.3, -0.25) is 14.8 Å². The van der Waals surface area contributed by atoms with E-state index < -0.39 is 14.9 Å². The van der Waals surface area contributed by atoms with Gasteiger partial charge < -0.3 is 10.4 Å². The van der Waals surface area contributed by atoms with Crippen LogP contribution in [0.4, 0.5) is 17.1 Å². The van der Waals surface area contributed by atoms with Gasteiger partial charge in [-0.2, -0.15) is 0 Å². The van der Waals surface area contributed by atoms with E-state index in [0.717, 1.165) is 11.3 Å². The fourth-order valence-corrected chi connectivity index (χ4v) is 5.77. The molecule has 0 fully saturated rings. The van der Waals surface area contributed by atoms with Gasteiger partial charge in [0.25, 0.3) is 15.7 Å². The van der Waals surface area contributed by atoms with E-state index >= 15 is 0 Å². The Morgan fingerprint density at radius 1 is 1.03 bits per heavy atom. The molecule has 5 rings (SSSR count). The van der Waals surface area contributed by atoms with Gasteiger partial charge in [0.1, 0.15) is 5.75 Å². The van der Waals surface area contributed by atoms with Gasteiger partial charge in [0.05, 0.1) is 15.9 Å². The number of nitrogens with one attached hydrogen (secondary N) is 2. The van der Waals surface area contributed by atoms with Crippen molar-refractivity contribution in [3.8, 4) is 5.75 Å². The predicted octanol–water partition coefficient (Wildman–Crippen LogP) is 4.93. The number of fused-ring (bicyclic) bond motifs is 3. The van der Waals surface area contributed by atoms with E-state index in [2.05, 4.69) is 10.0 Å². The number of sulfonamides is 1. The number of benzene rings is 3. The van der Waals surface area contributed by atoms with Crippen LogP contribution >= 0.6 is 0 Å². The molecule has 0 saturated carbocycles. The zero-order chi connectivity index (χ0) is 23.2. The van der Waals surface area contributed by atoms with Gasteiger partial charge in [0.2, 0.25) is 0 Å². The molecule has 3 aromatic rings. The fraction of sp³-hybridized carbons (Fsp3) is 0.167. The highest BCUT2D eigenvalue weighted by Crippen LogP contribution is 2.51. The summed E-state index contributed by atoms with van der Waals surface area (Å²) in [6.45, 7) is 0.